The Morgan fingerprint density at radius 1 is 0.833 bits per heavy atom. The van der Waals surface area contributed by atoms with E-state index in [2.05, 4.69) is 53.8 Å². The number of nitrogens with zero attached hydrogens (tertiary/aromatic N) is 1. The van der Waals surface area contributed by atoms with Gasteiger partial charge in [0.05, 0.1) is 18.5 Å². The number of anilines is 1. The third kappa shape index (κ3) is 2.35. The third-order valence-corrected chi connectivity index (χ3v) is 4.39. The fourth-order valence-corrected chi connectivity index (χ4v) is 3.13. The molecule has 4 rings (SSSR count). The number of benzene rings is 3. The molecule has 3 nitrogen and oxygen atoms in total. The molecular weight excluding hydrogens is 296 g/mol. The van der Waals surface area contributed by atoms with Gasteiger partial charge < -0.3 is 10.1 Å². The van der Waals surface area contributed by atoms with Gasteiger partial charge in [0.1, 0.15) is 11.3 Å². The molecule has 24 heavy (non-hydrogen) atoms. The van der Waals surface area contributed by atoms with Crippen LogP contribution >= 0.6 is 0 Å². The van der Waals surface area contributed by atoms with Crippen molar-refractivity contribution >= 4 is 17.6 Å². The summed E-state index contributed by atoms with van der Waals surface area (Å²) in [6.45, 7) is 0. The summed E-state index contributed by atoms with van der Waals surface area (Å²) in [5.74, 6) is 0.813. The highest BCUT2D eigenvalue weighted by Crippen LogP contribution is 2.41. The lowest BCUT2D eigenvalue weighted by atomic mass is 9.82. The van der Waals surface area contributed by atoms with Crippen LogP contribution in [0.15, 0.2) is 83.9 Å². The second-order valence-corrected chi connectivity index (χ2v) is 5.81. The van der Waals surface area contributed by atoms with E-state index in [1.54, 1.807) is 7.11 Å². The molecule has 0 radical (unpaired) electrons. The van der Waals surface area contributed by atoms with Crippen LogP contribution in [-0.4, -0.2) is 13.3 Å². The van der Waals surface area contributed by atoms with Crippen molar-refractivity contribution in [3.05, 3.63) is 90.0 Å². The highest BCUT2D eigenvalue weighted by Gasteiger charge is 2.35. The zero-order valence-electron chi connectivity index (χ0n) is 13.4. The van der Waals surface area contributed by atoms with Gasteiger partial charge in [-0.25, -0.2) is 0 Å². The molecule has 0 saturated heterocycles. The van der Waals surface area contributed by atoms with E-state index in [0.717, 1.165) is 28.3 Å². The maximum absolute atomic E-state index is 5.37. The first-order valence-electron chi connectivity index (χ1n) is 7.94. The van der Waals surface area contributed by atoms with Gasteiger partial charge in [0.2, 0.25) is 0 Å². The highest BCUT2D eigenvalue weighted by atomic mass is 16.5. The van der Waals surface area contributed by atoms with Gasteiger partial charge in [0, 0.05) is 12.3 Å². The molecule has 1 aliphatic heterocycles. The molecule has 0 spiro atoms. The number of hydrogen-bond acceptors (Lipinski definition) is 3. The predicted octanol–water partition coefficient (Wildman–Crippen LogP) is 4.77. The van der Waals surface area contributed by atoms with E-state index in [1.807, 2.05) is 36.5 Å². The number of hydrogen-bond donors (Lipinski definition) is 1. The molecule has 3 aromatic rings. The Morgan fingerprint density at radius 2 is 1.46 bits per heavy atom. The van der Waals surface area contributed by atoms with Crippen LogP contribution in [0.1, 0.15) is 11.1 Å². The van der Waals surface area contributed by atoms with E-state index in [0.29, 0.717) is 0 Å². The van der Waals surface area contributed by atoms with E-state index in [9.17, 15) is 0 Å². The fourth-order valence-electron chi connectivity index (χ4n) is 3.13. The van der Waals surface area contributed by atoms with Gasteiger partial charge in [-0.2, -0.15) is 0 Å². The van der Waals surface area contributed by atoms with Crippen molar-refractivity contribution in [1.82, 2.24) is 0 Å². The Balaban J connectivity index is 1.90. The second-order valence-electron chi connectivity index (χ2n) is 5.81. The molecule has 0 atom stereocenters. The molecule has 0 saturated carbocycles. The summed E-state index contributed by atoms with van der Waals surface area (Å²) < 4.78 is 5.37. The number of rotatable bonds is 3. The summed E-state index contributed by atoms with van der Waals surface area (Å²) >= 11 is 0. The third-order valence-electron chi connectivity index (χ3n) is 4.39. The zero-order valence-corrected chi connectivity index (χ0v) is 13.4. The minimum absolute atomic E-state index is 0.498. The maximum atomic E-state index is 5.37. The average Bonchev–Trinajstić information content (AvgIpc) is 2.68. The van der Waals surface area contributed by atoms with Crippen LogP contribution in [0.3, 0.4) is 0 Å². The molecule has 3 aromatic carbocycles. The minimum Gasteiger partial charge on any atom is -0.497 e. The summed E-state index contributed by atoms with van der Waals surface area (Å²) in [6, 6.07) is 26.6. The molecule has 1 aliphatic rings. The predicted molar refractivity (Wildman–Crippen MR) is 98.4 cm³/mol. The Bertz CT molecular complexity index is 833. The number of nitrogens with one attached hydrogen (secondary N) is 1. The molecule has 0 unspecified atom stereocenters. The summed E-state index contributed by atoms with van der Waals surface area (Å²) in [5.41, 5.74) is 3.67. The van der Waals surface area contributed by atoms with E-state index in [1.165, 1.54) is 0 Å². The van der Waals surface area contributed by atoms with Gasteiger partial charge in [-0.15, -0.1) is 0 Å². The lowest BCUT2D eigenvalue weighted by Gasteiger charge is -2.36. The smallest absolute Gasteiger partial charge is 0.124 e. The molecule has 0 aliphatic carbocycles. The zero-order chi connectivity index (χ0) is 16.4. The van der Waals surface area contributed by atoms with Gasteiger partial charge in [-0.1, -0.05) is 60.7 Å². The molecule has 0 aromatic heterocycles. The molecule has 0 amide bonds. The lowest BCUT2D eigenvalue weighted by Crippen LogP contribution is -2.39. The largest absolute Gasteiger partial charge is 0.497 e. The van der Waals surface area contributed by atoms with Crippen LogP contribution in [0, 0.1) is 0 Å². The van der Waals surface area contributed by atoms with Gasteiger partial charge in [0.25, 0.3) is 0 Å². The molecule has 1 heterocycles. The summed E-state index contributed by atoms with van der Waals surface area (Å²) in [4.78, 5) is 4.73. The first-order valence-corrected chi connectivity index (χ1v) is 7.94. The number of methoxy groups -OCH3 is 1. The van der Waals surface area contributed by atoms with Crippen molar-refractivity contribution in [2.45, 2.75) is 5.54 Å². The van der Waals surface area contributed by atoms with Crippen molar-refractivity contribution in [2.75, 3.05) is 12.4 Å². The number of ether oxygens (including phenoxy) is 1. The lowest BCUT2D eigenvalue weighted by molar-refractivity contribution is 0.415. The average molecular weight is 314 g/mol. The van der Waals surface area contributed by atoms with E-state index in [-0.39, 0.29) is 0 Å². The van der Waals surface area contributed by atoms with Crippen LogP contribution in [0.4, 0.5) is 11.4 Å². The monoisotopic (exact) mass is 314 g/mol. The first-order chi connectivity index (χ1) is 11.8. The Labute approximate surface area is 141 Å². The van der Waals surface area contributed by atoms with Gasteiger partial charge in [0.15, 0.2) is 0 Å². The Kier molecular flexibility index (Phi) is 3.54. The standard InChI is InChI=1S/C21H18N2O/c1-24-18-12-13-19-20(14-18)23-21(15-22-19,16-8-4-2-5-9-16)17-10-6-3-7-11-17/h2-15,23H,1H3. The maximum Gasteiger partial charge on any atom is 0.124 e. The van der Waals surface area contributed by atoms with Crippen molar-refractivity contribution < 1.29 is 4.74 Å². The van der Waals surface area contributed by atoms with E-state index in [4.69, 9.17) is 9.73 Å². The Morgan fingerprint density at radius 3 is 2.04 bits per heavy atom. The van der Waals surface area contributed by atoms with Crippen LogP contribution in [0.5, 0.6) is 5.75 Å². The van der Waals surface area contributed by atoms with Gasteiger partial charge in [-0.3, -0.25) is 4.99 Å². The fraction of sp³-hybridized carbons (Fsp3) is 0.0952. The van der Waals surface area contributed by atoms with Crippen LogP contribution in [0.25, 0.3) is 0 Å². The highest BCUT2D eigenvalue weighted by molar-refractivity contribution is 5.91. The topological polar surface area (TPSA) is 33.6 Å². The normalized spacial score (nSPS) is 14.5. The summed E-state index contributed by atoms with van der Waals surface area (Å²) in [7, 11) is 1.68. The number of aliphatic imine (C=N–C) groups is 1. The first kappa shape index (κ1) is 14.5. The second kappa shape index (κ2) is 5.85. The van der Waals surface area contributed by atoms with Crippen molar-refractivity contribution in [1.29, 1.82) is 0 Å². The van der Waals surface area contributed by atoms with Crippen LogP contribution < -0.4 is 10.1 Å². The van der Waals surface area contributed by atoms with Gasteiger partial charge in [-0.05, 0) is 23.3 Å². The molecule has 0 fully saturated rings. The van der Waals surface area contributed by atoms with E-state index < -0.39 is 5.54 Å². The molecule has 118 valence electrons. The van der Waals surface area contributed by atoms with Crippen molar-refractivity contribution in [3.8, 4) is 5.75 Å². The van der Waals surface area contributed by atoms with Crippen LogP contribution in [-0.2, 0) is 5.54 Å². The SMILES string of the molecule is COc1ccc2c(c1)NC(c1ccccc1)(c1ccccc1)C=N2. The Hall–Kier alpha value is -3.07. The molecule has 0 bridgehead atoms. The molecular formula is C21H18N2O. The summed E-state index contributed by atoms with van der Waals surface area (Å²) in [5, 5.41) is 3.69. The quantitative estimate of drug-likeness (QED) is 0.755. The van der Waals surface area contributed by atoms with Crippen LogP contribution in [0.2, 0.25) is 0 Å². The van der Waals surface area contributed by atoms with Gasteiger partial charge >= 0.3 is 0 Å². The summed E-state index contributed by atoms with van der Waals surface area (Å²) in [6.07, 6.45) is 1.99. The van der Waals surface area contributed by atoms with Crippen molar-refractivity contribution in [2.24, 2.45) is 4.99 Å². The van der Waals surface area contributed by atoms with Crippen molar-refractivity contribution in [3.63, 3.8) is 0 Å². The molecule has 1 N–H and O–H groups in total. The van der Waals surface area contributed by atoms with E-state index >= 15 is 0 Å². The molecule has 3 heteroatoms. The minimum atomic E-state index is -0.498. The number of fused-ring (bicyclic) bond motifs is 1.